The fourth-order valence-corrected chi connectivity index (χ4v) is 3.54. The number of hydrogen-bond donors (Lipinski definition) is 0. The monoisotopic (exact) mass is 288 g/mol. The lowest BCUT2D eigenvalue weighted by atomic mass is 9.95. The zero-order chi connectivity index (χ0) is 14.5. The van der Waals surface area contributed by atoms with Crippen molar-refractivity contribution < 1.29 is 4.74 Å². The molecule has 0 aliphatic carbocycles. The smallest absolute Gasteiger partial charge is 0.0594 e. The van der Waals surface area contributed by atoms with Gasteiger partial charge in [0.2, 0.25) is 0 Å². The van der Waals surface area contributed by atoms with E-state index in [0.29, 0.717) is 0 Å². The van der Waals surface area contributed by atoms with Crippen LogP contribution in [0.4, 0.5) is 0 Å². The average Bonchev–Trinajstić information content (AvgIpc) is 2.50. The van der Waals surface area contributed by atoms with E-state index in [2.05, 4.69) is 41.0 Å². The highest BCUT2D eigenvalue weighted by atomic mass is 16.5. The molecule has 0 radical (unpaired) electrons. The first-order valence-electron chi connectivity index (χ1n) is 8.37. The molecule has 0 unspecified atom stereocenters. The zero-order valence-corrected chi connectivity index (χ0v) is 13.3. The van der Waals surface area contributed by atoms with Gasteiger partial charge in [-0.15, -0.1) is 0 Å². The molecule has 116 valence electrons. The summed E-state index contributed by atoms with van der Waals surface area (Å²) in [4.78, 5) is 5.20. The van der Waals surface area contributed by atoms with Gasteiger partial charge in [0.15, 0.2) is 0 Å². The Morgan fingerprint density at radius 1 is 1.05 bits per heavy atom. The molecule has 0 bridgehead atoms. The van der Waals surface area contributed by atoms with E-state index < -0.39 is 0 Å². The van der Waals surface area contributed by atoms with Gasteiger partial charge in [-0.2, -0.15) is 0 Å². The SMILES string of the molecule is Cc1cccc(CN2CCC(CN3CCOCC3)CC2)c1. The summed E-state index contributed by atoms with van der Waals surface area (Å²) in [5.41, 5.74) is 2.83. The predicted octanol–water partition coefficient (Wildman–Crippen LogP) is 2.54. The Kier molecular flexibility index (Phi) is 5.28. The van der Waals surface area contributed by atoms with Crippen LogP contribution in [-0.4, -0.2) is 55.7 Å². The van der Waals surface area contributed by atoms with E-state index in [9.17, 15) is 0 Å². The number of nitrogens with zero attached hydrogens (tertiary/aromatic N) is 2. The minimum absolute atomic E-state index is 0.886. The molecule has 2 heterocycles. The molecule has 3 nitrogen and oxygen atoms in total. The normalized spacial score (nSPS) is 22.5. The van der Waals surface area contributed by atoms with Crippen LogP contribution in [0.2, 0.25) is 0 Å². The highest BCUT2D eigenvalue weighted by Gasteiger charge is 2.22. The summed E-state index contributed by atoms with van der Waals surface area (Å²) in [6, 6.07) is 8.93. The lowest BCUT2D eigenvalue weighted by molar-refractivity contribution is 0.0242. The standard InChI is InChI=1S/C18H28N2O/c1-16-3-2-4-18(13-16)15-19-7-5-17(6-8-19)14-20-9-11-21-12-10-20/h2-4,13,17H,5-12,14-15H2,1H3. The molecule has 0 saturated carbocycles. The van der Waals surface area contributed by atoms with Crippen LogP contribution in [-0.2, 0) is 11.3 Å². The minimum atomic E-state index is 0.886. The number of likely N-dealkylation sites (tertiary alicyclic amines) is 1. The Hall–Kier alpha value is -0.900. The van der Waals surface area contributed by atoms with Crippen LogP contribution in [0.15, 0.2) is 24.3 Å². The number of morpholine rings is 1. The fraction of sp³-hybridized carbons (Fsp3) is 0.667. The van der Waals surface area contributed by atoms with Crippen LogP contribution in [0.5, 0.6) is 0 Å². The predicted molar refractivity (Wildman–Crippen MR) is 86.4 cm³/mol. The lowest BCUT2D eigenvalue weighted by Crippen LogP contribution is -2.42. The van der Waals surface area contributed by atoms with E-state index in [-0.39, 0.29) is 0 Å². The van der Waals surface area contributed by atoms with Crippen molar-refractivity contribution in [3.63, 3.8) is 0 Å². The van der Waals surface area contributed by atoms with Crippen molar-refractivity contribution in [1.29, 1.82) is 0 Å². The van der Waals surface area contributed by atoms with E-state index in [1.54, 1.807) is 0 Å². The van der Waals surface area contributed by atoms with Crippen LogP contribution in [0.1, 0.15) is 24.0 Å². The van der Waals surface area contributed by atoms with Gasteiger partial charge >= 0.3 is 0 Å². The van der Waals surface area contributed by atoms with Crippen molar-refractivity contribution in [2.24, 2.45) is 5.92 Å². The van der Waals surface area contributed by atoms with Crippen molar-refractivity contribution in [3.8, 4) is 0 Å². The molecule has 1 aromatic rings. The van der Waals surface area contributed by atoms with Gasteiger partial charge in [0.25, 0.3) is 0 Å². The molecule has 0 N–H and O–H groups in total. The molecule has 2 fully saturated rings. The molecule has 0 spiro atoms. The van der Waals surface area contributed by atoms with Crippen molar-refractivity contribution in [2.45, 2.75) is 26.3 Å². The van der Waals surface area contributed by atoms with Crippen LogP contribution < -0.4 is 0 Å². The molecule has 2 saturated heterocycles. The first kappa shape index (κ1) is 15.0. The number of rotatable bonds is 4. The largest absolute Gasteiger partial charge is 0.379 e. The number of ether oxygens (including phenoxy) is 1. The maximum absolute atomic E-state index is 5.43. The highest BCUT2D eigenvalue weighted by molar-refractivity contribution is 5.22. The number of aryl methyl sites for hydroxylation is 1. The van der Waals surface area contributed by atoms with Gasteiger partial charge in [-0.05, 0) is 44.3 Å². The van der Waals surface area contributed by atoms with Gasteiger partial charge in [-0.25, -0.2) is 0 Å². The average molecular weight is 288 g/mol. The van der Waals surface area contributed by atoms with Crippen molar-refractivity contribution in [2.75, 3.05) is 45.9 Å². The van der Waals surface area contributed by atoms with E-state index in [1.165, 1.54) is 43.6 Å². The van der Waals surface area contributed by atoms with E-state index >= 15 is 0 Å². The van der Waals surface area contributed by atoms with E-state index in [0.717, 1.165) is 38.8 Å². The second kappa shape index (κ2) is 7.39. The Bertz CT molecular complexity index is 435. The molecular formula is C18H28N2O. The summed E-state index contributed by atoms with van der Waals surface area (Å²) in [5, 5.41) is 0. The quantitative estimate of drug-likeness (QED) is 0.847. The molecule has 21 heavy (non-hydrogen) atoms. The molecule has 2 aliphatic rings. The van der Waals surface area contributed by atoms with Gasteiger partial charge in [0.05, 0.1) is 13.2 Å². The Labute approximate surface area is 128 Å². The topological polar surface area (TPSA) is 15.7 Å². The van der Waals surface area contributed by atoms with E-state index in [4.69, 9.17) is 4.74 Å². The molecule has 1 aromatic carbocycles. The molecule has 0 amide bonds. The van der Waals surface area contributed by atoms with Crippen molar-refractivity contribution in [1.82, 2.24) is 9.80 Å². The maximum Gasteiger partial charge on any atom is 0.0594 e. The van der Waals surface area contributed by atoms with Gasteiger partial charge in [0.1, 0.15) is 0 Å². The first-order chi connectivity index (χ1) is 10.3. The zero-order valence-electron chi connectivity index (χ0n) is 13.3. The van der Waals surface area contributed by atoms with Gasteiger partial charge in [-0.1, -0.05) is 29.8 Å². The molecule has 3 rings (SSSR count). The molecule has 3 heteroatoms. The maximum atomic E-state index is 5.43. The van der Waals surface area contributed by atoms with Crippen molar-refractivity contribution >= 4 is 0 Å². The highest BCUT2D eigenvalue weighted by Crippen LogP contribution is 2.20. The van der Waals surface area contributed by atoms with Crippen LogP contribution in [0.25, 0.3) is 0 Å². The minimum Gasteiger partial charge on any atom is -0.379 e. The summed E-state index contributed by atoms with van der Waals surface area (Å²) >= 11 is 0. The van der Waals surface area contributed by atoms with Crippen molar-refractivity contribution in [3.05, 3.63) is 35.4 Å². The van der Waals surface area contributed by atoms with Gasteiger partial charge in [-0.3, -0.25) is 9.80 Å². The first-order valence-corrected chi connectivity index (χ1v) is 8.37. The van der Waals surface area contributed by atoms with Gasteiger partial charge < -0.3 is 4.74 Å². The molecular weight excluding hydrogens is 260 g/mol. The third-order valence-electron chi connectivity index (χ3n) is 4.82. The number of benzene rings is 1. The lowest BCUT2D eigenvalue weighted by Gasteiger charge is -2.36. The Morgan fingerprint density at radius 3 is 2.52 bits per heavy atom. The van der Waals surface area contributed by atoms with Crippen LogP contribution in [0, 0.1) is 12.8 Å². The second-order valence-corrected chi connectivity index (χ2v) is 6.62. The molecule has 0 aromatic heterocycles. The second-order valence-electron chi connectivity index (χ2n) is 6.62. The summed E-state index contributed by atoms with van der Waals surface area (Å²) in [7, 11) is 0. The number of piperidine rings is 1. The third-order valence-corrected chi connectivity index (χ3v) is 4.82. The molecule has 2 aliphatic heterocycles. The fourth-order valence-electron chi connectivity index (χ4n) is 3.54. The number of hydrogen-bond acceptors (Lipinski definition) is 3. The molecule has 0 atom stereocenters. The van der Waals surface area contributed by atoms with Crippen LogP contribution in [0.3, 0.4) is 0 Å². The Balaban J connectivity index is 1.42. The van der Waals surface area contributed by atoms with E-state index in [1.807, 2.05) is 0 Å². The summed E-state index contributed by atoms with van der Waals surface area (Å²) in [6.07, 6.45) is 2.70. The third kappa shape index (κ3) is 4.53. The van der Waals surface area contributed by atoms with Gasteiger partial charge in [0, 0.05) is 26.2 Å². The summed E-state index contributed by atoms with van der Waals surface area (Å²) in [5.74, 6) is 0.886. The summed E-state index contributed by atoms with van der Waals surface area (Å²) in [6.45, 7) is 11.2. The summed E-state index contributed by atoms with van der Waals surface area (Å²) < 4.78 is 5.43. The van der Waals surface area contributed by atoms with Crippen LogP contribution >= 0.6 is 0 Å². The Morgan fingerprint density at radius 2 is 1.81 bits per heavy atom.